The van der Waals surface area contributed by atoms with Gasteiger partial charge >= 0.3 is 5.97 Å². The van der Waals surface area contributed by atoms with Crippen LogP contribution >= 0.6 is 0 Å². The number of carbonyl (C=O) groups is 3. The maximum Gasteiger partial charge on any atom is 0.337 e. The third-order valence-corrected chi connectivity index (χ3v) is 7.06. The van der Waals surface area contributed by atoms with E-state index >= 15 is 0 Å². The van der Waals surface area contributed by atoms with Crippen LogP contribution in [0.2, 0.25) is 0 Å². The molecule has 1 atom stereocenters. The molecular weight excluding hydrogens is 496 g/mol. The summed E-state index contributed by atoms with van der Waals surface area (Å²) in [6, 6.07) is 20.7. The summed E-state index contributed by atoms with van der Waals surface area (Å²) >= 11 is 0. The number of carbonyl (C=O) groups excluding carboxylic acids is 3. The molecule has 39 heavy (non-hydrogen) atoms. The van der Waals surface area contributed by atoms with Gasteiger partial charge in [0, 0.05) is 30.1 Å². The molecule has 1 amide bonds. The number of hydrogen-bond acceptors (Lipinski definition) is 6. The third kappa shape index (κ3) is 5.01. The van der Waals surface area contributed by atoms with E-state index in [9.17, 15) is 19.5 Å². The second kappa shape index (κ2) is 10.9. The standard InChI is InChI=1S/C31H28N2O6/c1-38-23-12-13-25-24(17-23)22(18-32-25)14-15-33-28(20-8-10-21(11-9-20)31(37)39-2)27(29(35)30(33)36)26(34)16-19-6-4-3-5-7-19/h3-13,17-18,28,32,35H,14-16H2,1-2H3/t28-/m0/s1. The van der Waals surface area contributed by atoms with Crippen LogP contribution in [-0.2, 0) is 27.2 Å². The van der Waals surface area contributed by atoms with Crippen molar-refractivity contribution >= 4 is 28.6 Å². The predicted octanol–water partition coefficient (Wildman–Crippen LogP) is 4.71. The van der Waals surface area contributed by atoms with Gasteiger partial charge in [-0.15, -0.1) is 0 Å². The number of H-pyrrole nitrogens is 1. The van der Waals surface area contributed by atoms with Crippen LogP contribution in [0.1, 0.15) is 33.1 Å². The van der Waals surface area contributed by atoms with E-state index in [0.29, 0.717) is 17.5 Å². The lowest BCUT2D eigenvalue weighted by Crippen LogP contribution is -2.33. The first-order valence-corrected chi connectivity index (χ1v) is 12.5. The fourth-order valence-electron chi connectivity index (χ4n) is 5.04. The Hall–Kier alpha value is -4.85. The number of esters is 1. The predicted molar refractivity (Wildman–Crippen MR) is 146 cm³/mol. The Bertz CT molecular complexity index is 1570. The van der Waals surface area contributed by atoms with E-state index in [1.165, 1.54) is 12.0 Å². The topological polar surface area (TPSA) is 109 Å². The molecule has 0 spiro atoms. The van der Waals surface area contributed by atoms with Crippen LogP contribution in [0.15, 0.2) is 90.3 Å². The number of methoxy groups -OCH3 is 2. The van der Waals surface area contributed by atoms with Gasteiger partial charge in [0.1, 0.15) is 5.75 Å². The Morgan fingerprint density at radius 2 is 1.74 bits per heavy atom. The van der Waals surface area contributed by atoms with Crippen molar-refractivity contribution in [3.05, 3.63) is 113 Å². The number of Topliss-reactive ketones (excluding diaryl/α,β-unsaturated/α-hetero) is 1. The molecule has 1 aliphatic heterocycles. The molecule has 3 aromatic carbocycles. The van der Waals surface area contributed by atoms with Crippen molar-refractivity contribution in [1.82, 2.24) is 9.88 Å². The molecule has 4 aromatic rings. The Morgan fingerprint density at radius 1 is 1.00 bits per heavy atom. The smallest absolute Gasteiger partial charge is 0.337 e. The summed E-state index contributed by atoms with van der Waals surface area (Å²) in [5.41, 5.74) is 3.69. The molecule has 0 radical (unpaired) electrons. The lowest BCUT2D eigenvalue weighted by molar-refractivity contribution is -0.129. The first-order valence-electron chi connectivity index (χ1n) is 12.5. The summed E-state index contributed by atoms with van der Waals surface area (Å²) in [7, 11) is 2.91. The van der Waals surface area contributed by atoms with E-state index < -0.39 is 23.7 Å². The van der Waals surface area contributed by atoms with Crippen molar-refractivity contribution in [2.75, 3.05) is 20.8 Å². The minimum atomic E-state index is -0.805. The van der Waals surface area contributed by atoms with Gasteiger partial charge in [0.05, 0.1) is 31.4 Å². The lowest BCUT2D eigenvalue weighted by atomic mass is 9.92. The van der Waals surface area contributed by atoms with Crippen LogP contribution in [0.25, 0.3) is 10.9 Å². The molecule has 0 unspecified atom stereocenters. The molecule has 198 valence electrons. The zero-order valence-electron chi connectivity index (χ0n) is 21.6. The zero-order chi connectivity index (χ0) is 27.5. The molecule has 0 fully saturated rings. The SMILES string of the molecule is COC(=O)c1ccc([C@H]2C(C(=O)Cc3ccccc3)=C(O)C(=O)N2CCc2c[nH]c3ccc(OC)cc23)cc1. The molecule has 0 aliphatic carbocycles. The average Bonchev–Trinajstić information content (AvgIpc) is 3.49. The zero-order valence-corrected chi connectivity index (χ0v) is 21.6. The van der Waals surface area contributed by atoms with Gasteiger partial charge < -0.3 is 24.5 Å². The van der Waals surface area contributed by atoms with Crippen LogP contribution in [0.3, 0.4) is 0 Å². The maximum atomic E-state index is 13.5. The van der Waals surface area contributed by atoms with Crippen LogP contribution < -0.4 is 4.74 Å². The second-order valence-corrected chi connectivity index (χ2v) is 9.34. The summed E-state index contributed by atoms with van der Waals surface area (Å²) in [6.07, 6.45) is 2.41. The van der Waals surface area contributed by atoms with Crippen molar-refractivity contribution < 1.29 is 29.0 Å². The number of aromatic nitrogens is 1. The van der Waals surface area contributed by atoms with E-state index in [4.69, 9.17) is 9.47 Å². The highest BCUT2D eigenvalue weighted by atomic mass is 16.5. The van der Waals surface area contributed by atoms with E-state index in [1.807, 2.05) is 54.7 Å². The number of amides is 1. The van der Waals surface area contributed by atoms with Gasteiger partial charge in [-0.3, -0.25) is 9.59 Å². The molecule has 1 aromatic heterocycles. The average molecular weight is 525 g/mol. The van der Waals surface area contributed by atoms with E-state index in [1.54, 1.807) is 31.4 Å². The summed E-state index contributed by atoms with van der Waals surface area (Å²) in [5, 5.41) is 11.9. The fourth-order valence-corrected chi connectivity index (χ4v) is 5.04. The normalized spacial score (nSPS) is 15.2. The van der Waals surface area contributed by atoms with Crippen molar-refractivity contribution in [2.45, 2.75) is 18.9 Å². The van der Waals surface area contributed by atoms with Crippen LogP contribution in [0, 0.1) is 0 Å². The van der Waals surface area contributed by atoms with Crippen molar-refractivity contribution in [3.63, 3.8) is 0 Å². The van der Waals surface area contributed by atoms with Crippen LogP contribution in [0.4, 0.5) is 0 Å². The Morgan fingerprint density at radius 3 is 2.44 bits per heavy atom. The Labute approximate surface area is 225 Å². The number of benzene rings is 3. The van der Waals surface area contributed by atoms with E-state index in [-0.39, 0.29) is 24.3 Å². The van der Waals surface area contributed by atoms with Gasteiger partial charge in [0.2, 0.25) is 0 Å². The number of aliphatic hydroxyl groups excluding tert-OH is 1. The number of aromatic amines is 1. The molecule has 0 bridgehead atoms. The van der Waals surface area contributed by atoms with Gasteiger partial charge in [-0.2, -0.15) is 0 Å². The number of nitrogens with zero attached hydrogens (tertiary/aromatic N) is 1. The molecule has 0 saturated carbocycles. The molecule has 5 rings (SSSR count). The number of ketones is 1. The Balaban J connectivity index is 1.48. The monoisotopic (exact) mass is 524 g/mol. The highest BCUT2D eigenvalue weighted by molar-refractivity contribution is 6.09. The second-order valence-electron chi connectivity index (χ2n) is 9.34. The molecule has 8 nitrogen and oxygen atoms in total. The van der Waals surface area contributed by atoms with Gasteiger partial charge in [0.15, 0.2) is 11.5 Å². The first kappa shape index (κ1) is 25.8. The van der Waals surface area contributed by atoms with Gasteiger partial charge in [0.25, 0.3) is 5.91 Å². The van der Waals surface area contributed by atoms with Gasteiger partial charge in [-0.1, -0.05) is 42.5 Å². The maximum absolute atomic E-state index is 13.5. The minimum Gasteiger partial charge on any atom is -0.503 e. The summed E-state index contributed by atoms with van der Waals surface area (Å²) in [5.74, 6) is -1.26. The molecule has 2 N–H and O–H groups in total. The quantitative estimate of drug-likeness (QED) is 0.307. The highest BCUT2D eigenvalue weighted by Crippen LogP contribution is 2.39. The number of hydrogen-bond donors (Lipinski definition) is 2. The summed E-state index contributed by atoms with van der Waals surface area (Å²) < 4.78 is 10.2. The van der Waals surface area contributed by atoms with E-state index in [2.05, 4.69) is 4.98 Å². The fraction of sp³-hybridized carbons (Fsp3) is 0.194. The Kier molecular flexibility index (Phi) is 7.19. The molecule has 0 saturated heterocycles. The van der Waals surface area contributed by atoms with Crippen molar-refractivity contribution in [2.24, 2.45) is 0 Å². The molecule has 1 aliphatic rings. The summed E-state index contributed by atoms with van der Waals surface area (Å²) in [6.45, 7) is 0.249. The minimum absolute atomic E-state index is 0.0420. The number of fused-ring (bicyclic) bond motifs is 1. The number of nitrogens with one attached hydrogen (secondary N) is 1. The highest BCUT2D eigenvalue weighted by Gasteiger charge is 2.43. The van der Waals surface area contributed by atoms with Crippen molar-refractivity contribution in [3.8, 4) is 5.75 Å². The lowest BCUT2D eigenvalue weighted by Gasteiger charge is -2.27. The summed E-state index contributed by atoms with van der Waals surface area (Å²) in [4.78, 5) is 43.6. The van der Waals surface area contributed by atoms with Crippen LogP contribution in [-0.4, -0.2) is 53.4 Å². The number of aliphatic hydroxyl groups is 1. The largest absolute Gasteiger partial charge is 0.503 e. The molecule has 8 heteroatoms. The van der Waals surface area contributed by atoms with Crippen molar-refractivity contribution in [1.29, 1.82) is 0 Å². The third-order valence-electron chi connectivity index (χ3n) is 7.06. The molecule has 2 heterocycles. The number of ether oxygens (including phenoxy) is 2. The van der Waals surface area contributed by atoms with Crippen LogP contribution in [0.5, 0.6) is 5.75 Å². The molecular formula is C31H28N2O6. The van der Waals surface area contributed by atoms with Gasteiger partial charge in [-0.25, -0.2) is 4.79 Å². The number of rotatable bonds is 9. The van der Waals surface area contributed by atoms with Gasteiger partial charge in [-0.05, 0) is 53.4 Å². The first-order chi connectivity index (χ1) is 18.9. The van der Waals surface area contributed by atoms with E-state index in [0.717, 1.165) is 27.8 Å².